The summed E-state index contributed by atoms with van der Waals surface area (Å²) >= 11 is 0. The molecule has 0 aromatic carbocycles. The van der Waals surface area contributed by atoms with Gasteiger partial charge in [0.15, 0.2) is 18.9 Å². The van der Waals surface area contributed by atoms with E-state index in [1.165, 1.54) is 12.5 Å². The highest BCUT2D eigenvalue weighted by atomic mass is 16.8. The molecule has 0 aromatic heterocycles. The molecule has 17 heteroatoms. The van der Waals surface area contributed by atoms with Crippen molar-refractivity contribution in [3.63, 3.8) is 0 Å². The van der Waals surface area contributed by atoms with Crippen molar-refractivity contribution < 1.29 is 84.6 Å². The summed E-state index contributed by atoms with van der Waals surface area (Å²) in [6, 6.07) is 0. The van der Waals surface area contributed by atoms with E-state index in [-0.39, 0.29) is 52.6 Å². The molecule has 11 N–H and O–H groups in total. The largest absolute Gasteiger partial charge is 0.396 e. The average Bonchev–Trinajstić information content (AvgIpc) is 3.27. The van der Waals surface area contributed by atoms with Gasteiger partial charge in [-0.15, -0.1) is 0 Å². The Kier molecular flexibility index (Phi) is 14.0. The fourth-order valence-electron chi connectivity index (χ4n) is 15.5. The number of aliphatic hydroxyl groups is 11. The van der Waals surface area contributed by atoms with E-state index in [1.54, 1.807) is 0 Å². The molecule has 26 atom stereocenters. The average molecular weight is 929 g/mol. The summed E-state index contributed by atoms with van der Waals surface area (Å²) in [7, 11) is 0. The number of ether oxygens (including phenoxy) is 6. The number of fused-ring (bicyclic) bond motifs is 7. The first-order valence-corrected chi connectivity index (χ1v) is 24.4. The van der Waals surface area contributed by atoms with Crippen molar-refractivity contribution in [2.24, 2.45) is 56.7 Å². The van der Waals surface area contributed by atoms with Gasteiger partial charge in [-0.2, -0.15) is 0 Å². The quantitative estimate of drug-likeness (QED) is 0.111. The molecular formula is C48H80O17. The molecule has 374 valence electrons. The normalized spacial score (nSPS) is 56.7. The fourth-order valence-corrected chi connectivity index (χ4v) is 15.5. The molecule has 0 radical (unpaired) electrons. The van der Waals surface area contributed by atoms with Gasteiger partial charge in [0.05, 0.1) is 31.5 Å². The molecule has 7 fully saturated rings. The second-order valence-corrected chi connectivity index (χ2v) is 23.1. The third kappa shape index (κ3) is 7.76. The van der Waals surface area contributed by atoms with Gasteiger partial charge in [-0.25, -0.2) is 0 Å². The third-order valence-corrected chi connectivity index (χ3v) is 19.8. The third-order valence-electron chi connectivity index (χ3n) is 19.8. The van der Waals surface area contributed by atoms with Crippen molar-refractivity contribution >= 4 is 0 Å². The van der Waals surface area contributed by atoms with Crippen LogP contribution in [-0.2, 0) is 28.4 Å². The predicted octanol–water partition coefficient (Wildman–Crippen LogP) is 0.468. The Morgan fingerprint density at radius 2 is 1.20 bits per heavy atom. The van der Waals surface area contributed by atoms with Gasteiger partial charge in [0.2, 0.25) is 0 Å². The zero-order valence-corrected chi connectivity index (χ0v) is 39.4. The maximum Gasteiger partial charge on any atom is 0.187 e. The van der Waals surface area contributed by atoms with E-state index < -0.39 is 122 Å². The highest BCUT2D eigenvalue weighted by molar-refractivity contribution is 5.34. The van der Waals surface area contributed by atoms with Crippen molar-refractivity contribution in [3.05, 3.63) is 11.6 Å². The van der Waals surface area contributed by atoms with Crippen molar-refractivity contribution in [1.29, 1.82) is 0 Å². The van der Waals surface area contributed by atoms with Crippen LogP contribution in [0.2, 0.25) is 0 Å². The van der Waals surface area contributed by atoms with Crippen molar-refractivity contribution in [2.75, 3.05) is 19.8 Å². The summed E-state index contributed by atoms with van der Waals surface area (Å²) in [5.41, 5.74) is 0.190. The van der Waals surface area contributed by atoms with Crippen molar-refractivity contribution in [1.82, 2.24) is 0 Å². The molecule has 8 rings (SSSR count). The Hall–Kier alpha value is -0.940. The zero-order chi connectivity index (χ0) is 47.5. The summed E-state index contributed by atoms with van der Waals surface area (Å²) in [5, 5.41) is 117. The molecule has 3 aliphatic heterocycles. The van der Waals surface area contributed by atoms with Crippen molar-refractivity contribution in [2.45, 2.75) is 211 Å². The summed E-state index contributed by atoms with van der Waals surface area (Å²) in [5.74, 6) is 0.701. The first-order valence-electron chi connectivity index (χ1n) is 24.4. The standard InChI is InChI=1S/C48H80O17/c1-21-22(2)31-24-9-10-29-45(6)13-12-30(64-43-40(37(57)34(54)27(19-50)63-43)65-41-38(58)35(55)32(52)23(3)60-41)44(4,5)28(45)11-14-47(29,8)46(24,7)15-16-48(31,20-51)17-25(21)61-42-39(59)36(56)33(53)26(18-49)62-42/h9,21-23,25-43,49-59H,10-20H2,1-8H3/t21-,22-,23-,25+,26+,27+,28-,29+,30-,31-,32-,33+,34+,35+,36-,37-,38+,39+,40+,41-,42+,43-,45-,46+,47+,48-/m0/s1. The molecule has 0 bridgehead atoms. The van der Waals surface area contributed by atoms with Crippen LogP contribution in [0.3, 0.4) is 0 Å². The van der Waals surface area contributed by atoms with E-state index >= 15 is 0 Å². The van der Waals surface area contributed by atoms with E-state index in [9.17, 15) is 56.2 Å². The van der Waals surface area contributed by atoms with Crippen LogP contribution in [0.15, 0.2) is 11.6 Å². The van der Waals surface area contributed by atoms with Gasteiger partial charge < -0.3 is 84.6 Å². The van der Waals surface area contributed by atoms with E-state index in [1.807, 2.05) is 0 Å². The highest BCUT2D eigenvalue weighted by Crippen LogP contribution is 2.76. The van der Waals surface area contributed by atoms with Crippen LogP contribution in [0.1, 0.15) is 107 Å². The van der Waals surface area contributed by atoms with Crippen LogP contribution in [0.4, 0.5) is 0 Å². The molecule has 17 nitrogen and oxygen atoms in total. The van der Waals surface area contributed by atoms with Crippen molar-refractivity contribution in [3.8, 4) is 0 Å². The summed E-state index contributed by atoms with van der Waals surface area (Å²) < 4.78 is 37.0. The molecule has 0 unspecified atom stereocenters. The first-order chi connectivity index (χ1) is 30.5. The minimum Gasteiger partial charge on any atom is -0.396 e. The number of hydrogen-bond acceptors (Lipinski definition) is 17. The number of rotatable bonds is 9. The molecule has 8 aliphatic rings. The minimum absolute atomic E-state index is 0.0105. The zero-order valence-electron chi connectivity index (χ0n) is 39.4. The monoisotopic (exact) mass is 929 g/mol. The molecule has 3 heterocycles. The van der Waals surface area contributed by atoms with Crippen LogP contribution >= 0.6 is 0 Å². The Labute approximate surface area is 383 Å². The van der Waals surface area contributed by atoms with Crippen LogP contribution in [0, 0.1) is 56.7 Å². The van der Waals surface area contributed by atoms with E-state index in [0.29, 0.717) is 18.8 Å². The van der Waals surface area contributed by atoms with Gasteiger partial charge in [-0.3, -0.25) is 0 Å². The fraction of sp³-hybridized carbons (Fsp3) is 0.958. The van der Waals surface area contributed by atoms with Crippen LogP contribution in [0.5, 0.6) is 0 Å². The number of aliphatic hydroxyl groups excluding tert-OH is 11. The lowest BCUT2D eigenvalue weighted by Crippen LogP contribution is -2.67. The maximum absolute atomic E-state index is 11.4. The van der Waals surface area contributed by atoms with Gasteiger partial charge >= 0.3 is 0 Å². The summed E-state index contributed by atoms with van der Waals surface area (Å²) in [6.45, 7) is 16.6. The van der Waals surface area contributed by atoms with Gasteiger partial charge in [-0.05, 0) is 110 Å². The number of hydrogen-bond donors (Lipinski definition) is 11. The second-order valence-electron chi connectivity index (χ2n) is 23.1. The molecule has 3 saturated heterocycles. The lowest BCUT2D eigenvalue weighted by Gasteiger charge is -2.72. The Balaban J connectivity index is 1.02. The second kappa shape index (κ2) is 18.0. The Morgan fingerprint density at radius 1 is 0.600 bits per heavy atom. The minimum atomic E-state index is -1.66. The lowest BCUT2D eigenvalue weighted by atomic mass is 9.33. The van der Waals surface area contributed by atoms with E-state index in [4.69, 9.17) is 28.4 Å². The maximum atomic E-state index is 11.4. The molecule has 0 spiro atoms. The van der Waals surface area contributed by atoms with Crippen LogP contribution in [0.25, 0.3) is 0 Å². The van der Waals surface area contributed by atoms with Gasteiger partial charge in [0, 0.05) is 12.0 Å². The predicted molar refractivity (Wildman–Crippen MR) is 230 cm³/mol. The first kappa shape index (κ1) is 50.4. The smallest absolute Gasteiger partial charge is 0.187 e. The molecular weight excluding hydrogens is 849 g/mol. The molecule has 0 aromatic rings. The van der Waals surface area contributed by atoms with Crippen LogP contribution in [-0.4, -0.2) is 180 Å². The molecule has 4 saturated carbocycles. The van der Waals surface area contributed by atoms with Gasteiger partial charge in [0.1, 0.15) is 67.1 Å². The highest BCUT2D eigenvalue weighted by Gasteiger charge is 2.70. The van der Waals surface area contributed by atoms with Crippen LogP contribution < -0.4 is 0 Å². The van der Waals surface area contributed by atoms with Gasteiger partial charge in [-0.1, -0.05) is 60.1 Å². The topological polar surface area (TPSA) is 278 Å². The summed E-state index contributed by atoms with van der Waals surface area (Å²) in [6.07, 6.45) is -12.7. The molecule has 5 aliphatic carbocycles. The van der Waals surface area contributed by atoms with E-state index in [2.05, 4.69) is 54.5 Å². The molecule has 65 heavy (non-hydrogen) atoms. The Morgan fingerprint density at radius 3 is 1.83 bits per heavy atom. The number of allylic oxidation sites excluding steroid dienone is 2. The Bertz CT molecular complexity index is 1720. The SMILES string of the molecule is C[C@H]1[C@H](C)[C@H](O[C@@H]2O[C@H](CO)[C@@H](O)[C@H](O)[C@H]2O)C[C@]2(CO)CC[C@]3(C)C(=CC[C@@H]4[C@@]5(C)CC[C@H](O[C@@H]6O[C@H](CO)[C@@H](O)[C@H](O)[C@H]6O[C@@H]6O[C@@H](C)[C@H](O)[C@@H](O)[C@H]6O)C(C)(C)[C@@H]5CC[C@]43C)[C@H]12. The van der Waals surface area contributed by atoms with Gasteiger partial charge in [0.25, 0.3) is 0 Å². The molecule has 0 amide bonds. The lowest BCUT2D eigenvalue weighted by molar-refractivity contribution is -0.376. The van der Waals surface area contributed by atoms with E-state index in [0.717, 1.165) is 38.5 Å². The summed E-state index contributed by atoms with van der Waals surface area (Å²) in [4.78, 5) is 0.